The molecule has 1 N–H and O–H groups in total. The van der Waals surface area contributed by atoms with Crippen LogP contribution < -0.4 is 4.90 Å². The third-order valence-corrected chi connectivity index (χ3v) is 11.4. The summed E-state index contributed by atoms with van der Waals surface area (Å²) in [5.41, 5.74) is 9.10. The molecule has 1 aromatic heterocycles. The van der Waals surface area contributed by atoms with Gasteiger partial charge in [-0.1, -0.05) is 31.2 Å². The Morgan fingerprint density at radius 3 is 2.33 bits per heavy atom. The molecule has 1 atom stereocenters. The van der Waals surface area contributed by atoms with E-state index in [0.29, 0.717) is 56.1 Å². The van der Waals surface area contributed by atoms with E-state index in [0.717, 1.165) is 79.9 Å². The monoisotopic (exact) mass is 701 g/mol. The van der Waals surface area contributed by atoms with E-state index in [9.17, 15) is 14.7 Å². The number of carbonyl (C=O) groups is 3. The van der Waals surface area contributed by atoms with Gasteiger partial charge in [-0.3, -0.25) is 19.3 Å². The fraction of sp³-hybridized carbons (Fsp3) is 0.405. The molecule has 10 nitrogen and oxygen atoms in total. The van der Waals surface area contributed by atoms with Gasteiger partial charge in [0.15, 0.2) is 0 Å². The molecule has 1 fully saturated rings. The number of nitrogens with zero attached hydrogens (tertiary/aromatic N) is 5. The predicted molar refractivity (Wildman–Crippen MR) is 199 cm³/mol. The van der Waals surface area contributed by atoms with E-state index in [-0.39, 0.29) is 29.5 Å². The molecule has 3 aromatic carbocycles. The molecular formula is C42H47N5O5. The highest BCUT2D eigenvalue weighted by Crippen LogP contribution is 2.39. The lowest BCUT2D eigenvalue weighted by molar-refractivity contribution is -0.131. The predicted octanol–water partition coefficient (Wildman–Crippen LogP) is 5.63. The Bertz CT molecular complexity index is 2010. The first-order valence-corrected chi connectivity index (χ1v) is 18.7. The van der Waals surface area contributed by atoms with Crippen LogP contribution in [-0.2, 0) is 48.6 Å². The number of amides is 3. The number of ether oxygens (including phenoxy) is 1. The lowest BCUT2D eigenvalue weighted by atomic mass is 9.91. The molecule has 0 spiro atoms. The Morgan fingerprint density at radius 1 is 0.846 bits per heavy atom. The molecule has 0 bridgehead atoms. The van der Waals surface area contributed by atoms with Crippen LogP contribution in [0.5, 0.6) is 5.75 Å². The molecule has 10 heteroatoms. The molecule has 0 aliphatic carbocycles. The van der Waals surface area contributed by atoms with Gasteiger partial charge in [0, 0.05) is 93.5 Å². The summed E-state index contributed by atoms with van der Waals surface area (Å²) in [6.45, 7) is 7.99. The van der Waals surface area contributed by atoms with Gasteiger partial charge in [-0.25, -0.2) is 0 Å². The SMILES string of the molecule is CCC(=O)N1Cc2cc(C(=O)N3Cc4ccccc4C[C@H]3CN3CCOCC3)c(-c3cc(C(=O)N(C)c4ccc(O)cc4)c4n3CCCC4)cc2C1. The first-order chi connectivity index (χ1) is 25.3. The molecular weight excluding hydrogens is 654 g/mol. The third kappa shape index (κ3) is 6.39. The van der Waals surface area contributed by atoms with Crippen molar-refractivity contribution in [3.05, 3.63) is 106 Å². The van der Waals surface area contributed by atoms with Crippen LogP contribution in [0.2, 0.25) is 0 Å². The molecule has 4 aliphatic rings. The van der Waals surface area contributed by atoms with Crippen molar-refractivity contribution in [1.29, 1.82) is 0 Å². The zero-order valence-electron chi connectivity index (χ0n) is 30.1. The average Bonchev–Trinajstić information content (AvgIpc) is 3.78. The molecule has 270 valence electrons. The number of aromatic hydroxyl groups is 1. The number of anilines is 1. The standard InChI is InChI=1S/C42H47N5O5/c1-3-40(49)45-24-30-21-35(39-23-37(38-10-6-7-15-46(38)39)41(50)43(2)32-11-13-34(48)14-12-32)36(22-31(30)25-45)42(51)47-26-29-9-5-4-8-28(29)20-33(47)27-44-16-18-52-19-17-44/h4-5,8-9,11-14,21-23,33,48H,3,6-7,10,15-20,24-27H2,1-2H3/t33-/m0/s1. The van der Waals surface area contributed by atoms with E-state index < -0.39 is 0 Å². The number of aromatic nitrogens is 1. The molecule has 5 heterocycles. The Kier molecular flexibility index (Phi) is 9.36. The molecule has 3 amide bonds. The molecule has 52 heavy (non-hydrogen) atoms. The van der Waals surface area contributed by atoms with Crippen molar-refractivity contribution >= 4 is 23.4 Å². The lowest BCUT2D eigenvalue weighted by Gasteiger charge is -2.40. The van der Waals surface area contributed by atoms with Crippen LogP contribution in [0.4, 0.5) is 5.69 Å². The minimum absolute atomic E-state index is 0.0166. The Labute approximate surface area is 305 Å². The van der Waals surface area contributed by atoms with Crippen LogP contribution in [0, 0.1) is 0 Å². The summed E-state index contributed by atoms with van der Waals surface area (Å²) in [4.78, 5) is 50.3. The van der Waals surface area contributed by atoms with Gasteiger partial charge in [0.2, 0.25) is 5.91 Å². The van der Waals surface area contributed by atoms with Gasteiger partial charge in [-0.05, 0) is 90.4 Å². The molecule has 0 unspecified atom stereocenters. The largest absolute Gasteiger partial charge is 0.508 e. The van der Waals surface area contributed by atoms with Crippen LogP contribution in [0.3, 0.4) is 0 Å². The Morgan fingerprint density at radius 2 is 1.58 bits per heavy atom. The van der Waals surface area contributed by atoms with Gasteiger partial charge in [-0.15, -0.1) is 0 Å². The fourth-order valence-corrected chi connectivity index (χ4v) is 8.52. The lowest BCUT2D eigenvalue weighted by Crippen LogP contribution is -2.52. The van der Waals surface area contributed by atoms with Crippen LogP contribution in [0.25, 0.3) is 11.3 Å². The summed E-state index contributed by atoms with van der Waals surface area (Å²) in [6.07, 6.45) is 3.93. The highest BCUT2D eigenvalue weighted by Gasteiger charge is 2.36. The number of rotatable bonds is 7. The number of morpholine rings is 1. The number of phenolic OH excluding ortho intramolecular Hbond substituents is 1. The molecule has 0 radical (unpaired) electrons. The summed E-state index contributed by atoms with van der Waals surface area (Å²) in [5, 5.41) is 9.85. The van der Waals surface area contributed by atoms with Gasteiger partial charge < -0.3 is 29.1 Å². The second-order valence-corrected chi connectivity index (χ2v) is 14.6. The Hall–Kier alpha value is -4.93. The number of fused-ring (bicyclic) bond motifs is 3. The van der Waals surface area contributed by atoms with E-state index in [1.807, 2.05) is 30.0 Å². The maximum Gasteiger partial charge on any atom is 0.259 e. The topological polar surface area (TPSA) is 98.6 Å². The van der Waals surface area contributed by atoms with Crippen LogP contribution in [-0.4, -0.2) is 88.0 Å². The number of benzene rings is 3. The summed E-state index contributed by atoms with van der Waals surface area (Å²) >= 11 is 0. The zero-order valence-corrected chi connectivity index (χ0v) is 30.1. The van der Waals surface area contributed by atoms with Crippen molar-refractivity contribution in [2.45, 2.75) is 71.2 Å². The fourth-order valence-electron chi connectivity index (χ4n) is 8.52. The van der Waals surface area contributed by atoms with Crippen molar-refractivity contribution < 1.29 is 24.2 Å². The molecule has 4 aromatic rings. The van der Waals surface area contributed by atoms with E-state index in [1.165, 1.54) is 11.1 Å². The second kappa shape index (κ2) is 14.2. The van der Waals surface area contributed by atoms with Crippen molar-refractivity contribution in [2.24, 2.45) is 0 Å². The second-order valence-electron chi connectivity index (χ2n) is 14.6. The van der Waals surface area contributed by atoms with Crippen LogP contribution >= 0.6 is 0 Å². The highest BCUT2D eigenvalue weighted by molar-refractivity contribution is 6.08. The van der Waals surface area contributed by atoms with Gasteiger partial charge in [0.1, 0.15) is 5.75 Å². The zero-order chi connectivity index (χ0) is 35.9. The van der Waals surface area contributed by atoms with Gasteiger partial charge in [0.25, 0.3) is 11.8 Å². The Balaban J connectivity index is 1.23. The van der Waals surface area contributed by atoms with Gasteiger partial charge >= 0.3 is 0 Å². The number of hydrogen-bond donors (Lipinski definition) is 1. The first kappa shape index (κ1) is 34.2. The first-order valence-electron chi connectivity index (χ1n) is 18.7. The summed E-state index contributed by atoms with van der Waals surface area (Å²) in [7, 11) is 1.76. The highest BCUT2D eigenvalue weighted by atomic mass is 16.5. The minimum atomic E-state index is -0.130. The molecule has 1 saturated heterocycles. The summed E-state index contributed by atoms with van der Waals surface area (Å²) in [6, 6.07) is 21.2. The quantitative estimate of drug-likeness (QED) is 0.269. The van der Waals surface area contributed by atoms with Crippen molar-refractivity contribution in [2.75, 3.05) is 44.8 Å². The van der Waals surface area contributed by atoms with Crippen molar-refractivity contribution in [3.8, 4) is 17.0 Å². The number of carbonyl (C=O) groups excluding carboxylic acids is 3. The van der Waals surface area contributed by atoms with Crippen LogP contribution in [0.1, 0.15) is 74.8 Å². The number of phenols is 1. The molecule has 8 rings (SSSR count). The summed E-state index contributed by atoms with van der Waals surface area (Å²) < 4.78 is 7.90. The van der Waals surface area contributed by atoms with E-state index >= 15 is 4.79 Å². The van der Waals surface area contributed by atoms with Crippen LogP contribution in [0.15, 0.2) is 66.7 Å². The maximum absolute atomic E-state index is 15.3. The minimum Gasteiger partial charge on any atom is -0.508 e. The smallest absolute Gasteiger partial charge is 0.259 e. The van der Waals surface area contributed by atoms with E-state index in [1.54, 1.807) is 36.2 Å². The normalized spacial score (nSPS) is 18.5. The van der Waals surface area contributed by atoms with E-state index in [2.05, 4.69) is 38.6 Å². The summed E-state index contributed by atoms with van der Waals surface area (Å²) in [5.74, 6) is 0.0837. The molecule has 0 saturated carbocycles. The maximum atomic E-state index is 15.3. The third-order valence-electron chi connectivity index (χ3n) is 11.4. The average molecular weight is 702 g/mol. The van der Waals surface area contributed by atoms with Crippen molar-refractivity contribution in [3.63, 3.8) is 0 Å². The van der Waals surface area contributed by atoms with Gasteiger partial charge in [0.05, 0.1) is 18.8 Å². The van der Waals surface area contributed by atoms with Crippen molar-refractivity contribution in [1.82, 2.24) is 19.3 Å². The van der Waals surface area contributed by atoms with Gasteiger partial charge in [-0.2, -0.15) is 0 Å². The number of hydrogen-bond acceptors (Lipinski definition) is 6. The molecule has 4 aliphatic heterocycles. The van der Waals surface area contributed by atoms with E-state index in [4.69, 9.17) is 4.74 Å².